The summed E-state index contributed by atoms with van der Waals surface area (Å²) in [5.41, 5.74) is 6.59. The molecule has 2 aromatic rings. The van der Waals surface area contributed by atoms with Crippen LogP contribution in [0.3, 0.4) is 0 Å². The molecule has 3 amide bonds. The molecule has 0 radical (unpaired) electrons. The van der Waals surface area contributed by atoms with Crippen LogP contribution in [-0.2, 0) is 0 Å². The number of hydrogen-bond acceptors (Lipinski definition) is 2. The molecule has 0 unspecified atom stereocenters. The molecule has 0 saturated heterocycles. The number of urea groups is 1. The van der Waals surface area contributed by atoms with Gasteiger partial charge >= 0.3 is 6.03 Å². The maximum atomic E-state index is 12.0. The number of anilines is 2. The summed E-state index contributed by atoms with van der Waals surface area (Å²) >= 11 is 5.84. The first-order valence-electron chi connectivity index (χ1n) is 5.78. The molecule has 0 spiro atoms. The molecule has 0 aliphatic carbocycles. The fourth-order valence-corrected chi connectivity index (χ4v) is 1.81. The molecule has 20 heavy (non-hydrogen) atoms. The Labute approximate surface area is 120 Å². The van der Waals surface area contributed by atoms with Gasteiger partial charge in [0.1, 0.15) is 0 Å². The van der Waals surface area contributed by atoms with Crippen molar-refractivity contribution in [2.45, 2.75) is 0 Å². The van der Waals surface area contributed by atoms with Crippen molar-refractivity contribution in [1.82, 2.24) is 0 Å². The SMILES string of the molecule is NC(=O)Nc1ccc(C(=O)Nc2cccc(Cl)c2)cc1. The lowest BCUT2D eigenvalue weighted by atomic mass is 10.2. The Morgan fingerprint density at radius 3 is 2.25 bits per heavy atom. The van der Waals surface area contributed by atoms with Gasteiger partial charge in [-0.3, -0.25) is 4.79 Å². The van der Waals surface area contributed by atoms with E-state index in [9.17, 15) is 9.59 Å². The molecule has 6 heteroatoms. The molecule has 0 aliphatic heterocycles. The Hall–Kier alpha value is -2.53. The van der Waals surface area contributed by atoms with Crippen molar-refractivity contribution in [3.05, 3.63) is 59.1 Å². The zero-order valence-electron chi connectivity index (χ0n) is 10.4. The molecule has 0 bridgehead atoms. The van der Waals surface area contributed by atoms with Gasteiger partial charge in [-0.15, -0.1) is 0 Å². The van der Waals surface area contributed by atoms with Crippen LogP contribution in [0.1, 0.15) is 10.4 Å². The van der Waals surface area contributed by atoms with E-state index in [1.807, 2.05) is 0 Å². The van der Waals surface area contributed by atoms with Gasteiger partial charge in [0.2, 0.25) is 0 Å². The Bertz CT molecular complexity index is 641. The maximum Gasteiger partial charge on any atom is 0.316 e. The third-order valence-electron chi connectivity index (χ3n) is 2.50. The van der Waals surface area contributed by atoms with Gasteiger partial charge in [-0.2, -0.15) is 0 Å². The highest BCUT2D eigenvalue weighted by Gasteiger charge is 2.06. The average molecular weight is 290 g/mol. The van der Waals surface area contributed by atoms with Crippen molar-refractivity contribution in [3.63, 3.8) is 0 Å². The van der Waals surface area contributed by atoms with Gasteiger partial charge < -0.3 is 16.4 Å². The van der Waals surface area contributed by atoms with E-state index in [2.05, 4.69) is 10.6 Å². The number of carbonyl (C=O) groups is 2. The summed E-state index contributed by atoms with van der Waals surface area (Å²) in [6, 6.07) is 12.6. The van der Waals surface area contributed by atoms with Gasteiger partial charge in [0, 0.05) is 22.0 Å². The van der Waals surface area contributed by atoms with E-state index in [1.54, 1.807) is 48.5 Å². The fraction of sp³-hybridized carbons (Fsp3) is 0. The quantitative estimate of drug-likeness (QED) is 0.811. The van der Waals surface area contributed by atoms with Crippen molar-refractivity contribution in [2.75, 3.05) is 10.6 Å². The highest BCUT2D eigenvalue weighted by molar-refractivity contribution is 6.30. The third kappa shape index (κ3) is 3.73. The number of halogens is 1. The first-order valence-corrected chi connectivity index (χ1v) is 6.16. The summed E-state index contributed by atoms with van der Waals surface area (Å²) < 4.78 is 0. The zero-order chi connectivity index (χ0) is 14.5. The zero-order valence-corrected chi connectivity index (χ0v) is 11.1. The monoisotopic (exact) mass is 289 g/mol. The van der Waals surface area contributed by atoms with Crippen molar-refractivity contribution in [2.24, 2.45) is 5.73 Å². The fourth-order valence-electron chi connectivity index (χ4n) is 1.62. The molecular weight excluding hydrogens is 278 g/mol. The summed E-state index contributed by atoms with van der Waals surface area (Å²) in [7, 11) is 0. The van der Waals surface area contributed by atoms with Crippen LogP contribution in [0.4, 0.5) is 16.2 Å². The second-order valence-electron chi connectivity index (χ2n) is 4.03. The van der Waals surface area contributed by atoms with E-state index in [0.717, 1.165) is 0 Å². The largest absolute Gasteiger partial charge is 0.351 e. The minimum Gasteiger partial charge on any atom is -0.351 e. The number of nitrogens with two attached hydrogens (primary N) is 1. The third-order valence-corrected chi connectivity index (χ3v) is 2.73. The van der Waals surface area contributed by atoms with Crippen LogP contribution < -0.4 is 16.4 Å². The highest BCUT2D eigenvalue weighted by atomic mass is 35.5. The first-order chi connectivity index (χ1) is 9.54. The molecule has 0 aliphatic rings. The van der Waals surface area contributed by atoms with Gasteiger partial charge in [-0.1, -0.05) is 17.7 Å². The van der Waals surface area contributed by atoms with Gasteiger partial charge in [-0.05, 0) is 42.5 Å². The maximum absolute atomic E-state index is 12.0. The Kier molecular flexibility index (Phi) is 4.22. The van der Waals surface area contributed by atoms with Crippen LogP contribution in [0.15, 0.2) is 48.5 Å². The van der Waals surface area contributed by atoms with Crippen molar-refractivity contribution in [3.8, 4) is 0 Å². The van der Waals surface area contributed by atoms with E-state index >= 15 is 0 Å². The lowest BCUT2D eigenvalue weighted by molar-refractivity contribution is 0.102. The summed E-state index contributed by atoms with van der Waals surface area (Å²) in [6.45, 7) is 0. The number of carbonyl (C=O) groups excluding carboxylic acids is 2. The van der Waals surface area contributed by atoms with Crippen LogP contribution in [0.2, 0.25) is 5.02 Å². The van der Waals surface area contributed by atoms with Crippen molar-refractivity contribution < 1.29 is 9.59 Å². The van der Waals surface area contributed by atoms with Crippen LogP contribution in [0, 0.1) is 0 Å². The van der Waals surface area contributed by atoms with E-state index < -0.39 is 6.03 Å². The molecule has 2 rings (SSSR count). The topological polar surface area (TPSA) is 84.2 Å². The van der Waals surface area contributed by atoms with Crippen LogP contribution in [0.25, 0.3) is 0 Å². The number of hydrogen-bond donors (Lipinski definition) is 3. The minimum atomic E-state index is -0.652. The van der Waals surface area contributed by atoms with Crippen molar-refractivity contribution in [1.29, 1.82) is 0 Å². The molecule has 0 atom stereocenters. The van der Waals surface area contributed by atoms with E-state index in [1.165, 1.54) is 0 Å². The molecule has 5 nitrogen and oxygen atoms in total. The smallest absolute Gasteiger partial charge is 0.316 e. The number of benzene rings is 2. The van der Waals surface area contributed by atoms with Gasteiger partial charge in [-0.25, -0.2) is 4.79 Å². The average Bonchev–Trinajstić information content (AvgIpc) is 2.38. The molecule has 0 fully saturated rings. The Morgan fingerprint density at radius 2 is 1.65 bits per heavy atom. The number of primary amides is 1. The number of amides is 3. The molecule has 0 aromatic heterocycles. The normalized spacial score (nSPS) is 9.85. The Morgan fingerprint density at radius 1 is 0.950 bits per heavy atom. The van der Waals surface area contributed by atoms with E-state index in [0.29, 0.717) is 22.0 Å². The first kappa shape index (κ1) is 13.9. The summed E-state index contributed by atoms with van der Waals surface area (Å²) in [5, 5.41) is 5.69. The predicted octanol–water partition coefficient (Wildman–Crippen LogP) is 3.08. The van der Waals surface area contributed by atoms with Gasteiger partial charge in [0.05, 0.1) is 0 Å². The van der Waals surface area contributed by atoms with Gasteiger partial charge in [0.15, 0.2) is 0 Å². The second-order valence-corrected chi connectivity index (χ2v) is 4.47. The minimum absolute atomic E-state index is 0.266. The van der Waals surface area contributed by atoms with Crippen LogP contribution in [-0.4, -0.2) is 11.9 Å². The highest BCUT2D eigenvalue weighted by Crippen LogP contribution is 2.16. The van der Waals surface area contributed by atoms with Crippen LogP contribution in [0.5, 0.6) is 0 Å². The van der Waals surface area contributed by atoms with E-state index in [4.69, 9.17) is 17.3 Å². The molecule has 2 aromatic carbocycles. The Balaban J connectivity index is 2.07. The standard InChI is InChI=1S/C14H12ClN3O2/c15-10-2-1-3-12(8-10)17-13(19)9-4-6-11(7-5-9)18-14(16)20/h1-8H,(H,17,19)(H3,16,18,20). The van der Waals surface area contributed by atoms with Crippen molar-refractivity contribution >= 4 is 34.9 Å². The molecule has 4 N–H and O–H groups in total. The molecule has 0 saturated carbocycles. The molecular formula is C14H12ClN3O2. The summed E-state index contributed by atoms with van der Waals surface area (Å²) in [5.74, 6) is -0.266. The number of nitrogens with one attached hydrogen (secondary N) is 2. The molecule has 0 heterocycles. The lowest BCUT2D eigenvalue weighted by Crippen LogP contribution is -2.19. The summed E-state index contributed by atoms with van der Waals surface area (Å²) in [6.07, 6.45) is 0. The number of rotatable bonds is 3. The van der Waals surface area contributed by atoms with E-state index in [-0.39, 0.29) is 5.91 Å². The molecule has 102 valence electrons. The lowest BCUT2D eigenvalue weighted by Gasteiger charge is -2.06. The predicted molar refractivity (Wildman–Crippen MR) is 79.1 cm³/mol. The van der Waals surface area contributed by atoms with Crippen LogP contribution >= 0.6 is 11.6 Å². The summed E-state index contributed by atoms with van der Waals surface area (Å²) in [4.78, 5) is 22.7. The van der Waals surface area contributed by atoms with Gasteiger partial charge in [0.25, 0.3) is 5.91 Å². The second kappa shape index (κ2) is 6.08.